The first-order chi connectivity index (χ1) is 5.57. The molecule has 70 valence electrons. The largest absolute Gasteiger partial charge is 0.370 e. The molecule has 0 aromatic carbocycles. The van der Waals surface area contributed by atoms with Crippen LogP contribution in [0.25, 0.3) is 0 Å². The summed E-state index contributed by atoms with van der Waals surface area (Å²) >= 11 is 0. The summed E-state index contributed by atoms with van der Waals surface area (Å²) in [7, 11) is 0. The molecule has 1 unspecified atom stereocenters. The molecule has 0 heterocycles. The Kier molecular flexibility index (Phi) is 4.83. The Morgan fingerprint density at radius 3 is 2.58 bits per heavy atom. The summed E-state index contributed by atoms with van der Waals surface area (Å²) in [4.78, 5) is 14.5. The van der Waals surface area contributed by atoms with Gasteiger partial charge < -0.3 is 16.8 Å². The molecule has 0 fully saturated rings. The number of nitrogens with one attached hydrogen (secondary N) is 1. The maximum atomic E-state index is 10.6. The van der Waals surface area contributed by atoms with Gasteiger partial charge in [-0.05, 0) is 13.3 Å². The molecule has 12 heavy (non-hydrogen) atoms. The van der Waals surface area contributed by atoms with E-state index in [0.717, 1.165) is 6.42 Å². The standard InChI is InChI=1S/C7H16N4O/c1-3-4-10-7(9)11-5(2)6(8)12/h5H,3-4H2,1-2H3,(H2,8,12)(H3,9,10,11). The van der Waals surface area contributed by atoms with Gasteiger partial charge in [-0.1, -0.05) is 6.92 Å². The zero-order valence-electron chi connectivity index (χ0n) is 7.50. The van der Waals surface area contributed by atoms with Crippen molar-refractivity contribution in [2.45, 2.75) is 26.3 Å². The summed E-state index contributed by atoms with van der Waals surface area (Å²) < 4.78 is 0. The lowest BCUT2D eigenvalue weighted by atomic mass is 10.3. The molecule has 0 aromatic rings. The second-order valence-corrected chi connectivity index (χ2v) is 2.54. The number of hydrogen-bond acceptors (Lipinski definition) is 2. The smallest absolute Gasteiger partial charge is 0.239 e. The Morgan fingerprint density at radius 2 is 2.17 bits per heavy atom. The van der Waals surface area contributed by atoms with Crippen molar-refractivity contribution >= 4 is 11.9 Å². The highest BCUT2D eigenvalue weighted by atomic mass is 16.1. The fourth-order valence-electron chi connectivity index (χ4n) is 0.571. The Morgan fingerprint density at radius 1 is 1.58 bits per heavy atom. The van der Waals surface area contributed by atoms with Crippen LogP contribution >= 0.6 is 0 Å². The zero-order valence-corrected chi connectivity index (χ0v) is 7.50. The molecule has 0 spiro atoms. The molecule has 1 amide bonds. The molecule has 0 rings (SSSR count). The van der Waals surface area contributed by atoms with Crippen LogP contribution in [-0.4, -0.2) is 24.5 Å². The normalized spacial score (nSPS) is 14.0. The predicted octanol–water partition coefficient (Wildman–Crippen LogP) is -0.825. The highest BCUT2D eigenvalue weighted by Crippen LogP contribution is 1.80. The van der Waals surface area contributed by atoms with Crippen LogP contribution < -0.4 is 16.8 Å². The molecule has 5 N–H and O–H groups in total. The quantitative estimate of drug-likeness (QED) is 0.382. The average Bonchev–Trinajstić information content (AvgIpc) is 2.00. The number of rotatable bonds is 4. The number of aliphatic imine (C=N–C) groups is 1. The molecule has 0 radical (unpaired) electrons. The minimum absolute atomic E-state index is 0.267. The van der Waals surface area contributed by atoms with Crippen LogP contribution in [0.5, 0.6) is 0 Å². The molecule has 0 aromatic heterocycles. The minimum atomic E-state index is -0.467. The van der Waals surface area contributed by atoms with Crippen molar-refractivity contribution in [3.8, 4) is 0 Å². The number of hydrogen-bond donors (Lipinski definition) is 3. The second kappa shape index (κ2) is 5.40. The van der Waals surface area contributed by atoms with Gasteiger partial charge in [-0.2, -0.15) is 0 Å². The van der Waals surface area contributed by atoms with Crippen LogP contribution in [0.15, 0.2) is 4.99 Å². The van der Waals surface area contributed by atoms with E-state index in [4.69, 9.17) is 11.5 Å². The molecule has 5 nitrogen and oxygen atoms in total. The van der Waals surface area contributed by atoms with Crippen LogP contribution in [0.1, 0.15) is 20.3 Å². The summed E-state index contributed by atoms with van der Waals surface area (Å²) in [6, 6.07) is -0.467. The maximum absolute atomic E-state index is 10.6. The van der Waals surface area contributed by atoms with Gasteiger partial charge in [0.1, 0.15) is 6.04 Å². The van der Waals surface area contributed by atoms with Crippen molar-refractivity contribution in [1.82, 2.24) is 5.32 Å². The molecule has 0 saturated heterocycles. The van der Waals surface area contributed by atoms with Crippen molar-refractivity contribution in [1.29, 1.82) is 0 Å². The summed E-state index contributed by atoms with van der Waals surface area (Å²) in [6.45, 7) is 4.29. The third-order valence-corrected chi connectivity index (χ3v) is 1.30. The van der Waals surface area contributed by atoms with Crippen molar-refractivity contribution in [3.63, 3.8) is 0 Å². The minimum Gasteiger partial charge on any atom is -0.370 e. The second-order valence-electron chi connectivity index (χ2n) is 2.54. The molecule has 5 heteroatoms. The summed E-state index contributed by atoms with van der Waals surface area (Å²) in [5.74, 6) is -0.173. The molecule has 0 aliphatic carbocycles. The number of nitrogens with zero attached hydrogens (tertiary/aromatic N) is 1. The van der Waals surface area contributed by atoms with E-state index >= 15 is 0 Å². The Balaban J connectivity index is 3.82. The van der Waals surface area contributed by atoms with Gasteiger partial charge in [-0.15, -0.1) is 0 Å². The van der Waals surface area contributed by atoms with Crippen molar-refractivity contribution in [2.24, 2.45) is 16.5 Å². The SMILES string of the molecule is CCCN=C(N)NC(C)C(N)=O. The van der Waals surface area contributed by atoms with Gasteiger partial charge in [0.15, 0.2) is 5.96 Å². The van der Waals surface area contributed by atoms with Crippen LogP contribution in [0, 0.1) is 0 Å². The number of guanidine groups is 1. The van der Waals surface area contributed by atoms with Crippen LogP contribution in [-0.2, 0) is 4.79 Å². The van der Waals surface area contributed by atoms with E-state index in [1.807, 2.05) is 6.92 Å². The summed E-state index contributed by atoms with van der Waals surface area (Å²) in [5, 5.41) is 2.67. The monoisotopic (exact) mass is 172 g/mol. The van der Waals surface area contributed by atoms with Gasteiger partial charge in [0.05, 0.1) is 0 Å². The first-order valence-corrected chi connectivity index (χ1v) is 3.93. The molecule has 1 atom stereocenters. The molecular formula is C7H16N4O. The van der Waals surface area contributed by atoms with E-state index in [1.165, 1.54) is 0 Å². The molecule has 0 saturated carbocycles. The summed E-state index contributed by atoms with van der Waals surface area (Å²) in [5.41, 5.74) is 10.4. The summed E-state index contributed by atoms with van der Waals surface area (Å²) in [6.07, 6.45) is 0.924. The lowest BCUT2D eigenvalue weighted by molar-refractivity contribution is -0.119. The average molecular weight is 172 g/mol. The van der Waals surface area contributed by atoms with Gasteiger partial charge in [-0.3, -0.25) is 9.79 Å². The van der Waals surface area contributed by atoms with E-state index < -0.39 is 11.9 Å². The first-order valence-electron chi connectivity index (χ1n) is 3.93. The van der Waals surface area contributed by atoms with Crippen LogP contribution in [0.2, 0.25) is 0 Å². The van der Waals surface area contributed by atoms with Gasteiger partial charge in [0.25, 0.3) is 0 Å². The van der Waals surface area contributed by atoms with E-state index in [2.05, 4.69) is 10.3 Å². The first kappa shape index (κ1) is 10.7. The van der Waals surface area contributed by atoms with Gasteiger partial charge in [0, 0.05) is 6.54 Å². The lowest BCUT2D eigenvalue weighted by Gasteiger charge is -2.09. The Labute approximate surface area is 72.2 Å². The predicted molar refractivity (Wildman–Crippen MR) is 48.6 cm³/mol. The third-order valence-electron chi connectivity index (χ3n) is 1.30. The van der Waals surface area contributed by atoms with E-state index in [9.17, 15) is 4.79 Å². The van der Waals surface area contributed by atoms with Crippen molar-refractivity contribution < 1.29 is 4.79 Å². The van der Waals surface area contributed by atoms with Gasteiger partial charge in [0.2, 0.25) is 5.91 Å². The van der Waals surface area contributed by atoms with E-state index in [0.29, 0.717) is 6.54 Å². The number of primary amides is 1. The van der Waals surface area contributed by atoms with Crippen LogP contribution in [0.4, 0.5) is 0 Å². The zero-order chi connectivity index (χ0) is 9.56. The van der Waals surface area contributed by atoms with Gasteiger partial charge in [-0.25, -0.2) is 0 Å². The fraction of sp³-hybridized carbons (Fsp3) is 0.714. The lowest BCUT2D eigenvalue weighted by Crippen LogP contribution is -2.45. The maximum Gasteiger partial charge on any atom is 0.239 e. The highest BCUT2D eigenvalue weighted by molar-refractivity contribution is 5.86. The topological polar surface area (TPSA) is 93.5 Å². The highest BCUT2D eigenvalue weighted by Gasteiger charge is 2.07. The third kappa shape index (κ3) is 4.54. The van der Waals surface area contributed by atoms with E-state index in [-0.39, 0.29) is 5.96 Å². The van der Waals surface area contributed by atoms with E-state index in [1.54, 1.807) is 6.92 Å². The Hall–Kier alpha value is -1.26. The van der Waals surface area contributed by atoms with Crippen molar-refractivity contribution in [2.75, 3.05) is 6.54 Å². The van der Waals surface area contributed by atoms with Gasteiger partial charge >= 0.3 is 0 Å². The number of carbonyl (C=O) groups excluding carboxylic acids is 1. The van der Waals surface area contributed by atoms with Crippen molar-refractivity contribution in [3.05, 3.63) is 0 Å². The fourth-order valence-corrected chi connectivity index (χ4v) is 0.571. The molecule has 0 aliphatic heterocycles. The molecule has 0 aliphatic rings. The molecule has 0 bridgehead atoms. The number of amides is 1. The number of carbonyl (C=O) groups is 1. The molecular weight excluding hydrogens is 156 g/mol. The Bertz CT molecular complexity index is 178. The van der Waals surface area contributed by atoms with Crippen LogP contribution in [0.3, 0.4) is 0 Å². The number of nitrogens with two attached hydrogens (primary N) is 2.